The number of carbonyl (C=O) groups is 2. The van der Waals surface area contributed by atoms with Gasteiger partial charge >= 0.3 is 6.03 Å². The van der Waals surface area contributed by atoms with Crippen molar-refractivity contribution in [3.63, 3.8) is 0 Å². The van der Waals surface area contributed by atoms with Gasteiger partial charge in [-0.25, -0.2) is 26.3 Å². The Morgan fingerprint density at radius 3 is 2.48 bits per heavy atom. The van der Waals surface area contributed by atoms with Gasteiger partial charge in [-0.2, -0.15) is 0 Å². The van der Waals surface area contributed by atoms with E-state index < -0.39 is 34.3 Å². The number of rotatable bonds is 3. The summed E-state index contributed by atoms with van der Waals surface area (Å²) in [5.41, 5.74) is 1.89. The molecule has 31 heavy (non-hydrogen) atoms. The number of fused-ring (bicyclic) bond motifs is 3. The van der Waals surface area contributed by atoms with Gasteiger partial charge in [0.25, 0.3) is 10.0 Å². The van der Waals surface area contributed by atoms with Gasteiger partial charge < -0.3 is 10.2 Å². The van der Waals surface area contributed by atoms with Crippen LogP contribution in [0, 0.1) is 17.6 Å². The van der Waals surface area contributed by atoms with Crippen molar-refractivity contribution in [1.29, 1.82) is 0 Å². The molecular formula is C21H17F2N3O4S. The van der Waals surface area contributed by atoms with Crippen LogP contribution in [0.4, 0.5) is 19.3 Å². The highest BCUT2D eigenvalue weighted by Gasteiger charge is 2.44. The second-order valence-corrected chi connectivity index (χ2v) is 9.59. The third kappa shape index (κ3) is 3.18. The molecule has 10 heteroatoms. The highest BCUT2D eigenvalue weighted by molar-refractivity contribution is 7.90. The summed E-state index contributed by atoms with van der Waals surface area (Å²) in [7, 11) is -4.37. The number of nitrogens with zero attached hydrogens (tertiary/aromatic N) is 2. The minimum atomic E-state index is -4.37. The van der Waals surface area contributed by atoms with Crippen molar-refractivity contribution in [2.45, 2.75) is 17.4 Å². The summed E-state index contributed by atoms with van der Waals surface area (Å²) in [6, 6.07) is 7.98. The molecule has 0 radical (unpaired) electrons. The quantitative estimate of drug-likeness (QED) is 0.787. The Morgan fingerprint density at radius 1 is 1.10 bits per heavy atom. The lowest BCUT2D eigenvalue weighted by atomic mass is 9.95. The molecule has 0 aromatic heterocycles. The molecule has 2 aromatic carbocycles. The van der Waals surface area contributed by atoms with E-state index in [0.29, 0.717) is 17.3 Å². The SMILES string of the molecule is O=C(CN1C(=O)Nc2ccc(F)cc2S1(=O)=O)N1C[C@H]2C[C@@H]1C=C2c1ccc(F)cc1. The fourth-order valence-electron chi connectivity index (χ4n) is 4.44. The second-order valence-electron chi connectivity index (χ2n) is 7.76. The van der Waals surface area contributed by atoms with Gasteiger partial charge in [0, 0.05) is 12.5 Å². The fraction of sp³-hybridized carbons (Fsp3) is 0.238. The third-order valence-corrected chi connectivity index (χ3v) is 7.68. The molecule has 2 aromatic rings. The van der Waals surface area contributed by atoms with Gasteiger partial charge in [-0.1, -0.05) is 18.2 Å². The number of benzene rings is 2. The number of anilines is 1. The zero-order valence-corrected chi connectivity index (χ0v) is 16.9. The Hall–Kier alpha value is -3.27. The van der Waals surface area contributed by atoms with Crippen molar-refractivity contribution in [1.82, 2.24) is 9.21 Å². The van der Waals surface area contributed by atoms with Gasteiger partial charge in [-0.15, -0.1) is 0 Å². The molecular weight excluding hydrogens is 428 g/mol. The molecule has 1 aliphatic carbocycles. The van der Waals surface area contributed by atoms with Gasteiger partial charge in [-0.3, -0.25) is 4.79 Å². The van der Waals surface area contributed by atoms with Crippen LogP contribution in [0.5, 0.6) is 0 Å². The van der Waals surface area contributed by atoms with Crippen molar-refractivity contribution in [2.24, 2.45) is 5.92 Å². The van der Waals surface area contributed by atoms with Crippen LogP contribution in [0.1, 0.15) is 12.0 Å². The maximum absolute atomic E-state index is 13.6. The van der Waals surface area contributed by atoms with Crippen LogP contribution in [0.25, 0.3) is 5.57 Å². The molecule has 2 bridgehead atoms. The van der Waals surface area contributed by atoms with E-state index in [-0.39, 0.29) is 28.4 Å². The van der Waals surface area contributed by atoms with E-state index in [2.05, 4.69) is 5.32 Å². The average Bonchev–Trinajstić information content (AvgIpc) is 3.33. The first kappa shape index (κ1) is 19.7. The normalized spacial score (nSPS) is 23.4. The van der Waals surface area contributed by atoms with Gasteiger partial charge in [0.2, 0.25) is 5.91 Å². The van der Waals surface area contributed by atoms with E-state index in [0.717, 1.165) is 23.3 Å². The van der Waals surface area contributed by atoms with Gasteiger partial charge in [0.15, 0.2) is 0 Å². The third-order valence-electron chi connectivity index (χ3n) is 5.91. The number of hydrogen-bond acceptors (Lipinski definition) is 4. The van der Waals surface area contributed by atoms with Crippen molar-refractivity contribution < 1.29 is 26.8 Å². The number of hydrogen-bond donors (Lipinski definition) is 1. The number of nitrogens with one attached hydrogen (secondary N) is 1. The Labute approximate surface area is 177 Å². The van der Waals surface area contributed by atoms with Gasteiger partial charge in [0.05, 0.1) is 11.7 Å². The van der Waals surface area contributed by atoms with Crippen LogP contribution in [-0.4, -0.2) is 48.7 Å². The number of halogens is 2. The van der Waals surface area contributed by atoms with Crippen molar-refractivity contribution >= 4 is 33.2 Å². The maximum atomic E-state index is 13.6. The molecule has 1 saturated heterocycles. The number of carbonyl (C=O) groups excluding carboxylic acids is 2. The van der Waals surface area contributed by atoms with Crippen LogP contribution in [0.3, 0.4) is 0 Å². The van der Waals surface area contributed by atoms with Gasteiger partial charge in [-0.05, 0) is 47.9 Å². The predicted octanol–water partition coefficient (Wildman–Crippen LogP) is 2.82. The Bertz CT molecular complexity index is 1240. The van der Waals surface area contributed by atoms with E-state index in [4.69, 9.17) is 0 Å². The first-order chi connectivity index (χ1) is 14.7. The lowest BCUT2D eigenvalue weighted by molar-refractivity contribution is -0.131. The zero-order valence-electron chi connectivity index (χ0n) is 16.1. The molecule has 0 spiro atoms. The van der Waals surface area contributed by atoms with Crippen LogP contribution in [0.15, 0.2) is 53.4 Å². The summed E-state index contributed by atoms with van der Waals surface area (Å²) in [4.78, 5) is 26.4. The number of likely N-dealkylation sites (tertiary alicyclic amines) is 1. The molecule has 2 heterocycles. The lowest BCUT2D eigenvalue weighted by Crippen LogP contribution is -2.50. The molecule has 0 unspecified atom stereocenters. The van der Waals surface area contributed by atoms with E-state index in [1.54, 1.807) is 17.0 Å². The summed E-state index contributed by atoms with van der Waals surface area (Å²) in [6.07, 6.45) is 2.61. The molecule has 160 valence electrons. The van der Waals surface area contributed by atoms with Crippen LogP contribution in [-0.2, 0) is 14.8 Å². The molecule has 2 aliphatic heterocycles. The standard InChI is InChI=1S/C21H17F2N3O4S/c22-14-3-1-12(2-4-14)17-9-16-7-13(17)10-25(16)20(27)11-26-21(28)24-18-6-5-15(23)8-19(18)31(26,29)30/h1-6,8-9,13,16H,7,10-11H2,(H,24,28)/t13-,16-/m1/s1. The number of amides is 3. The minimum Gasteiger partial charge on any atom is -0.334 e. The molecule has 0 saturated carbocycles. The summed E-state index contributed by atoms with van der Waals surface area (Å²) in [5.74, 6) is -1.55. The summed E-state index contributed by atoms with van der Waals surface area (Å²) in [5, 5.41) is 2.38. The van der Waals surface area contributed by atoms with Crippen LogP contribution < -0.4 is 5.32 Å². The monoisotopic (exact) mass is 445 g/mol. The number of sulfonamides is 1. The van der Waals surface area contributed by atoms with Crippen molar-refractivity contribution in [3.05, 3.63) is 65.7 Å². The van der Waals surface area contributed by atoms with Crippen molar-refractivity contribution in [2.75, 3.05) is 18.4 Å². The van der Waals surface area contributed by atoms with E-state index in [9.17, 15) is 26.8 Å². The summed E-state index contributed by atoms with van der Waals surface area (Å²) >= 11 is 0. The highest BCUT2D eigenvalue weighted by atomic mass is 32.2. The fourth-order valence-corrected chi connectivity index (χ4v) is 5.88. The molecule has 3 aliphatic rings. The first-order valence-corrected chi connectivity index (χ1v) is 11.1. The molecule has 1 fully saturated rings. The zero-order chi connectivity index (χ0) is 21.9. The molecule has 1 N–H and O–H groups in total. The molecule has 2 atom stereocenters. The second kappa shape index (κ2) is 6.88. The highest BCUT2D eigenvalue weighted by Crippen LogP contribution is 2.42. The Kier molecular flexibility index (Phi) is 4.37. The number of urea groups is 1. The topological polar surface area (TPSA) is 86.8 Å². The van der Waals surface area contributed by atoms with E-state index >= 15 is 0 Å². The molecule has 5 rings (SSSR count). The average molecular weight is 445 g/mol. The van der Waals surface area contributed by atoms with Crippen LogP contribution in [0.2, 0.25) is 0 Å². The Morgan fingerprint density at radius 2 is 1.81 bits per heavy atom. The smallest absolute Gasteiger partial charge is 0.334 e. The summed E-state index contributed by atoms with van der Waals surface area (Å²) < 4.78 is 52.8. The van der Waals surface area contributed by atoms with Crippen LogP contribution >= 0.6 is 0 Å². The lowest BCUT2D eigenvalue weighted by Gasteiger charge is -2.32. The summed E-state index contributed by atoms with van der Waals surface area (Å²) in [6.45, 7) is -0.291. The van der Waals surface area contributed by atoms with Crippen molar-refractivity contribution in [3.8, 4) is 0 Å². The first-order valence-electron chi connectivity index (χ1n) is 9.64. The molecule has 7 nitrogen and oxygen atoms in total. The van der Waals surface area contributed by atoms with E-state index in [1.807, 2.05) is 6.08 Å². The van der Waals surface area contributed by atoms with E-state index in [1.165, 1.54) is 18.2 Å². The van der Waals surface area contributed by atoms with Gasteiger partial charge in [0.1, 0.15) is 23.1 Å². The maximum Gasteiger partial charge on any atom is 0.336 e. The Balaban J connectivity index is 1.36. The minimum absolute atomic E-state index is 0.0257. The predicted molar refractivity (Wildman–Crippen MR) is 107 cm³/mol. The largest absolute Gasteiger partial charge is 0.336 e. The molecule has 3 amide bonds.